The molecule has 0 spiro atoms. The van der Waals surface area contributed by atoms with E-state index < -0.39 is 0 Å². The summed E-state index contributed by atoms with van der Waals surface area (Å²) in [6.07, 6.45) is 0.425. The molecule has 0 bridgehead atoms. The van der Waals surface area contributed by atoms with Gasteiger partial charge in [0, 0.05) is 6.42 Å². The Morgan fingerprint density at radius 1 is 1.15 bits per heavy atom. The first kappa shape index (κ1) is 13.9. The van der Waals surface area contributed by atoms with Crippen LogP contribution in [0.25, 0.3) is 0 Å². The van der Waals surface area contributed by atoms with Crippen molar-refractivity contribution in [2.24, 2.45) is 10.9 Å². The Bertz CT molecular complexity index is 592. The zero-order valence-corrected chi connectivity index (χ0v) is 11.4. The number of rotatable bonds is 5. The molecule has 0 aliphatic heterocycles. The van der Waals surface area contributed by atoms with Crippen molar-refractivity contribution in [1.82, 2.24) is 0 Å². The van der Waals surface area contributed by atoms with Crippen LogP contribution in [0.4, 0.5) is 0 Å². The first-order valence-corrected chi connectivity index (χ1v) is 6.41. The minimum Gasteiger partial charge on any atom is -0.489 e. The summed E-state index contributed by atoms with van der Waals surface area (Å²) in [5, 5.41) is 11.5. The average Bonchev–Trinajstić information content (AvgIpc) is 2.46. The largest absolute Gasteiger partial charge is 0.489 e. The second-order valence-corrected chi connectivity index (χ2v) is 4.69. The summed E-state index contributed by atoms with van der Waals surface area (Å²) in [5.74, 6) is 0.994. The van der Waals surface area contributed by atoms with Gasteiger partial charge >= 0.3 is 0 Å². The number of hydrogen-bond acceptors (Lipinski definition) is 3. The van der Waals surface area contributed by atoms with Gasteiger partial charge in [-0.25, -0.2) is 0 Å². The maximum absolute atomic E-state index is 8.52. The Morgan fingerprint density at radius 2 is 1.90 bits per heavy atom. The molecule has 0 fully saturated rings. The van der Waals surface area contributed by atoms with E-state index >= 15 is 0 Å². The Kier molecular flexibility index (Phi) is 4.60. The number of hydrogen-bond donors (Lipinski definition) is 2. The monoisotopic (exact) mass is 270 g/mol. The number of oxime groups is 1. The molecule has 0 aliphatic rings. The second kappa shape index (κ2) is 6.61. The molecule has 104 valence electrons. The number of amidine groups is 1. The minimum absolute atomic E-state index is 0.193. The van der Waals surface area contributed by atoms with Gasteiger partial charge in [-0.2, -0.15) is 0 Å². The topological polar surface area (TPSA) is 67.8 Å². The molecule has 2 aromatic rings. The molecule has 0 aliphatic carbocycles. The molecule has 0 aromatic heterocycles. The highest BCUT2D eigenvalue weighted by Gasteiger charge is 2.00. The first-order valence-electron chi connectivity index (χ1n) is 6.41. The molecule has 4 heteroatoms. The van der Waals surface area contributed by atoms with Crippen molar-refractivity contribution in [2.45, 2.75) is 20.0 Å². The molecule has 4 nitrogen and oxygen atoms in total. The molecule has 3 N–H and O–H groups in total. The van der Waals surface area contributed by atoms with Crippen LogP contribution in [0, 0.1) is 6.92 Å². The van der Waals surface area contributed by atoms with Crippen molar-refractivity contribution in [3.63, 3.8) is 0 Å². The van der Waals surface area contributed by atoms with E-state index in [9.17, 15) is 0 Å². The summed E-state index contributed by atoms with van der Waals surface area (Å²) in [4.78, 5) is 0. The Hall–Kier alpha value is -2.49. The quantitative estimate of drug-likeness (QED) is 0.380. The fraction of sp³-hybridized carbons (Fsp3) is 0.188. The smallest absolute Gasteiger partial charge is 0.143 e. The van der Waals surface area contributed by atoms with Gasteiger partial charge in [0.05, 0.1) is 0 Å². The number of aryl methyl sites for hydroxylation is 1. The van der Waals surface area contributed by atoms with Gasteiger partial charge in [-0.3, -0.25) is 0 Å². The van der Waals surface area contributed by atoms with E-state index in [4.69, 9.17) is 15.7 Å². The minimum atomic E-state index is 0.193. The third-order valence-corrected chi connectivity index (χ3v) is 2.93. The summed E-state index contributed by atoms with van der Waals surface area (Å²) in [5.41, 5.74) is 8.80. The van der Waals surface area contributed by atoms with Gasteiger partial charge < -0.3 is 15.7 Å². The first-order chi connectivity index (χ1) is 9.67. The third kappa shape index (κ3) is 4.02. The van der Waals surface area contributed by atoms with E-state index in [1.165, 1.54) is 5.56 Å². The van der Waals surface area contributed by atoms with Crippen LogP contribution in [0.15, 0.2) is 53.7 Å². The van der Waals surface area contributed by atoms with Crippen LogP contribution in [0.3, 0.4) is 0 Å². The molecule has 0 heterocycles. The number of nitrogens with zero attached hydrogens (tertiary/aromatic N) is 1. The van der Waals surface area contributed by atoms with E-state index in [2.05, 4.69) is 24.2 Å². The second-order valence-electron chi connectivity index (χ2n) is 4.69. The molecule has 0 unspecified atom stereocenters. The van der Waals surface area contributed by atoms with Crippen molar-refractivity contribution >= 4 is 5.84 Å². The lowest BCUT2D eigenvalue weighted by Crippen LogP contribution is -2.14. The van der Waals surface area contributed by atoms with Gasteiger partial charge in [-0.05, 0) is 30.2 Å². The lowest BCUT2D eigenvalue weighted by atomic mass is 10.1. The SMILES string of the molecule is Cc1cccc(COc2ccc(C/C(N)=N/O)cc2)c1. The number of benzene rings is 2. The molecule has 0 saturated carbocycles. The van der Waals surface area contributed by atoms with Crippen molar-refractivity contribution in [3.8, 4) is 5.75 Å². The molecule has 0 radical (unpaired) electrons. The summed E-state index contributed by atoms with van der Waals surface area (Å²) in [7, 11) is 0. The zero-order valence-electron chi connectivity index (χ0n) is 11.4. The molecular weight excluding hydrogens is 252 g/mol. The summed E-state index contributed by atoms with van der Waals surface area (Å²) in [6, 6.07) is 15.8. The summed E-state index contributed by atoms with van der Waals surface area (Å²) >= 11 is 0. The lowest BCUT2D eigenvalue weighted by molar-refractivity contribution is 0.306. The van der Waals surface area contributed by atoms with E-state index in [1.54, 1.807) is 0 Å². The van der Waals surface area contributed by atoms with Crippen LogP contribution >= 0.6 is 0 Å². The van der Waals surface area contributed by atoms with Crippen LogP contribution in [-0.4, -0.2) is 11.0 Å². The highest BCUT2D eigenvalue weighted by atomic mass is 16.5. The van der Waals surface area contributed by atoms with Crippen LogP contribution < -0.4 is 10.5 Å². The Morgan fingerprint density at radius 3 is 2.55 bits per heavy atom. The van der Waals surface area contributed by atoms with Crippen LogP contribution in [0.1, 0.15) is 16.7 Å². The van der Waals surface area contributed by atoms with Gasteiger partial charge in [0.15, 0.2) is 0 Å². The van der Waals surface area contributed by atoms with E-state index in [0.717, 1.165) is 16.9 Å². The van der Waals surface area contributed by atoms with Gasteiger partial charge in [-0.15, -0.1) is 0 Å². The maximum atomic E-state index is 8.52. The van der Waals surface area contributed by atoms with Gasteiger partial charge in [-0.1, -0.05) is 47.1 Å². The highest BCUT2D eigenvalue weighted by molar-refractivity contribution is 5.82. The van der Waals surface area contributed by atoms with E-state index in [-0.39, 0.29) is 5.84 Å². The van der Waals surface area contributed by atoms with Crippen LogP contribution in [-0.2, 0) is 13.0 Å². The molecule has 2 aromatic carbocycles. The third-order valence-electron chi connectivity index (χ3n) is 2.93. The molecule has 2 rings (SSSR count). The lowest BCUT2D eigenvalue weighted by Gasteiger charge is -2.08. The molecule has 0 amide bonds. The predicted molar refractivity (Wildman–Crippen MR) is 79.1 cm³/mol. The Labute approximate surface area is 118 Å². The van der Waals surface area contributed by atoms with Crippen LogP contribution in [0.5, 0.6) is 5.75 Å². The normalized spacial score (nSPS) is 11.3. The van der Waals surface area contributed by atoms with Gasteiger partial charge in [0.2, 0.25) is 0 Å². The van der Waals surface area contributed by atoms with Crippen molar-refractivity contribution < 1.29 is 9.94 Å². The van der Waals surface area contributed by atoms with E-state index in [1.807, 2.05) is 36.4 Å². The summed E-state index contributed by atoms with van der Waals surface area (Å²) in [6.45, 7) is 2.60. The summed E-state index contributed by atoms with van der Waals surface area (Å²) < 4.78 is 5.72. The Balaban J connectivity index is 1.94. The van der Waals surface area contributed by atoms with Crippen molar-refractivity contribution in [1.29, 1.82) is 0 Å². The fourth-order valence-electron chi connectivity index (χ4n) is 1.92. The number of ether oxygens (including phenoxy) is 1. The fourth-order valence-corrected chi connectivity index (χ4v) is 1.92. The molecule has 0 saturated heterocycles. The van der Waals surface area contributed by atoms with Crippen molar-refractivity contribution in [2.75, 3.05) is 0 Å². The standard InChI is InChI=1S/C16H18N2O2/c1-12-3-2-4-14(9-12)11-20-15-7-5-13(6-8-15)10-16(17)18-19/h2-9,19H,10-11H2,1H3,(H2,17,18). The molecule has 20 heavy (non-hydrogen) atoms. The van der Waals surface area contributed by atoms with E-state index in [0.29, 0.717) is 13.0 Å². The maximum Gasteiger partial charge on any atom is 0.143 e. The molecular formula is C16H18N2O2. The van der Waals surface area contributed by atoms with Crippen molar-refractivity contribution in [3.05, 3.63) is 65.2 Å². The molecule has 0 atom stereocenters. The average molecular weight is 270 g/mol. The predicted octanol–water partition coefficient (Wildman–Crippen LogP) is 2.86. The highest BCUT2D eigenvalue weighted by Crippen LogP contribution is 2.15. The number of nitrogens with two attached hydrogens (primary N) is 1. The van der Waals surface area contributed by atoms with Gasteiger partial charge in [0.1, 0.15) is 18.2 Å². The zero-order chi connectivity index (χ0) is 14.4. The van der Waals surface area contributed by atoms with Gasteiger partial charge in [0.25, 0.3) is 0 Å². The van der Waals surface area contributed by atoms with Crippen LogP contribution in [0.2, 0.25) is 0 Å².